The monoisotopic (exact) mass is 276 g/mol. The van der Waals surface area contributed by atoms with Gasteiger partial charge in [0, 0.05) is 32.2 Å². The quantitative estimate of drug-likeness (QED) is 0.766. The number of ether oxygens (including phenoxy) is 1. The molecule has 0 fully saturated rings. The number of rotatable bonds is 7. The van der Waals surface area contributed by atoms with E-state index in [0.29, 0.717) is 25.3 Å². The summed E-state index contributed by atoms with van der Waals surface area (Å²) in [6.07, 6.45) is 3.98. The van der Waals surface area contributed by atoms with E-state index in [-0.39, 0.29) is 17.7 Å². The minimum Gasteiger partial charge on any atom is -0.412 e. The predicted molar refractivity (Wildman–Crippen MR) is 71.0 cm³/mol. The van der Waals surface area contributed by atoms with Gasteiger partial charge in [-0.15, -0.1) is 10.2 Å². The standard InChI is InChI=1S/C13H16N4O3/c1-2-19-8-4-7-15-11(18)13-17-16-12(20-13)10-5-3-6-14-9-10/h3,5-6,9H,2,4,7-8H2,1H3,(H,15,18). The second-order valence-corrected chi connectivity index (χ2v) is 3.96. The first-order valence-corrected chi connectivity index (χ1v) is 6.41. The molecule has 0 bridgehead atoms. The Bertz CT molecular complexity index is 542. The summed E-state index contributed by atoms with van der Waals surface area (Å²) < 4.78 is 10.5. The van der Waals surface area contributed by atoms with Crippen LogP contribution in [0.4, 0.5) is 0 Å². The summed E-state index contributed by atoms with van der Waals surface area (Å²) in [4.78, 5) is 15.7. The van der Waals surface area contributed by atoms with E-state index in [9.17, 15) is 4.79 Å². The van der Waals surface area contributed by atoms with Crippen molar-refractivity contribution in [3.05, 3.63) is 30.4 Å². The van der Waals surface area contributed by atoms with Gasteiger partial charge < -0.3 is 14.5 Å². The molecule has 0 aliphatic rings. The SMILES string of the molecule is CCOCCCNC(=O)c1nnc(-c2cccnc2)o1. The zero-order valence-corrected chi connectivity index (χ0v) is 11.2. The molecule has 7 heteroatoms. The molecule has 1 N–H and O–H groups in total. The molecular formula is C13H16N4O3. The van der Waals surface area contributed by atoms with Crippen LogP contribution in [0.5, 0.6) is 0 Å². The Morgan fingerprint density at radius 2 is 2.35 bits per heavy atom. The number of nitrogens with zero attached hydrogens (tertiary/aromatic N) is 3. The molecule has 0 spiro atoms. The highest BCUT2D eigenvalue weighted by Crippen LogP contribution is 2.15. The zero-order chi connectivity index (χ0) is 14.2. The van der Waals surface area contributed by atoms with E-state index in [1.54, 1.807) is 24.5 Å². The lowest BCUT2D eigenvalue weighted by atomic mass is 10.3. The van der Waals surface area contributed by atoms with Crippen LogP contribution in [0.25, 0.3) is 11.5 Å². The van der Waals surface area contributed by atoms with Crippen LogP contribution in [-0.4, -0.2) is 40.8 Å². The normalized spacial score (nSPS) is 10.4. The lowest BCUT2D eigenvalue weighted by Gasteiger charge is -2.02. The fraction of sp³-hybridized carbons (Fsp3) is 0.385. The van der Waals surface area contributed by atoms with Crippen molar-refractivity contribution in [1.29, 1.82) is 0 Å². The Hall–Kier alpha value is -2.28. The number of hydrogen-bond donors (Lipinski definition) is 1. The number of carbonyl (C=O) groups excluding carboxylic acids is 1. The van der Waals surface area contributed by atoms with Crippen molar-refractivity contribution in [3.63, 3.8) is 0 Å². The van der Waals surface area contributed by atoms with Crippen LogP contribution in [0, 0.1) is 0 Å². The van der Waals surface area contributed by atoms with Crippen LogP contribution < -0.4 is 5.32 Å². The molecule has 1 amide bonds. The highest BCUT2D eigenvalue weighted by atomic mass is 16.5. The van der Waals surface area contributed by atoms with Gasteiger partial charge in [0.25, 0.3) is 0 Å². The van der Waals surface area contributed by atoms with Crippen LogP contribution >= 0.6 is 0 Å². The molecule has 106 valence electrons. The highest BCUT2D eigenvalue weighted by Gasteiger charge is 2.15. The molecule has 2 aromatic heterocycles. The summed E-state index contributed by atoms with van der Waals surface area (Å²) in [5, 5.41) is 10.2. The van der Waals surface area contributed by atoms with Crippen molar-refractivity contribution >= 4 is 5.91 Å². The Labute approximate surface area is 116 Å². The number of hydrogen-bond acceptors (Lipinski definition) is 6. The van der Waals surface area contributed by atoms with Crippen LogP contribution in [0.1, 0.15) is 24.0 Å². The minimum atomic E-state index is -0.385. The van der Waals surface area contributed by atoms with Gasteiger partial charge in [0.15, 0.2) is 0 Å². The Balaban J connectivity index is 1.87. The largest absolute Gasteiger partial charge is 0.412 e. The molecular weight excluding hydrogens is 260 g/mol. The maximum atomic E-state index is 11.8. The third-order valence-corrected chi connectivity index (χ3v) is 2.48. The van der Waals surface area contributed by atoms with Gasteiger partial charge in [-0.2, -0.15) is 0 Å². The van der Waals surface area contributed by atoms with E-state index in [0.717, 1.165) is 6.42 Å². The molecule has 2 rings (SSSR count). The van der Waals surface area contributed by atoms with Crippen molar-refractivity contribution in [2.24, 2.45) is 0 Å². The molecule has 2 heterocycles. The zero-order valence-electron chi connectivity index (χ0n) is 11.2. The average Bonchev–Trinajstić information content (AvgIpc) is 2.98. The van der Waals surface area contributed by atoms with Gasteiger partial charge in [-0.1, -0.05) is 0 Å². The summed E-state index contributed by atoms with van der Waals surface area (Å²) in [6.45, 7) is 3.72. The van der Waals surface area contributed by atoms with E-state index < -0.39 is 0 Å². The maximum Gasteiger partial charge on any atom is 0.308 e. The molecule has 0 unspecified atom stereocenters. The van der Waals surface area contributed by atoms with Gasteiger partial charge in [-0.05, 0) is 25.5 Å². The average molecular weight is 276 g/mol. The van der Waals surface area contributed by atoms with Gasteiger partial charge in [0.2, 0.25) is 5.89 Å². The predicted octanol–water partition coefficient (Wildman–Crippen LogP) is 1.29. The lowest BCUT2D eigenvalue weighted by molar-refractivity contribution is 0.0910. The van der Waals surface area contributed by atoms with Gasteiger partial charge in [-0.3, -0.25) is 9.78 Å². The van der Waals surface area contributed by atoms with Crippen LogP contribution in [0.15, 0.2) is 28.9 Å². The number of nitrogens with one attached hydrogen (secondary N) is 1. The molecule has 0 aliphatic carbocycles. The van der Waals surface area contributed by atoms with E-state index in [1.165, 1.54) is 0 Å². The molecule has 0 atom stereocenters. The second kappa shape index (κ2) is 7.34. The van der Waals surface area contributed by atoms with E-state index in [1.807, 2.05) is 6.92 Å². The fourth-order valence-electron chi connectivity index (χ4n) is 1.52. The first-order chi connectivity index (χ1) is 9.81. The van der Waals surface area contributed by atoms with Gasteiger partial charge >= 0.3 is 11.8 Å². The van der Waals surface area contributed by atoms with Crippen molar-refractivity contribution in [2.75, 3.05) is 19.8 Å². The van der Waals surface area contributed by atoms with Gasteiger partial charge in [0.1, 0.15) is 0 Å². The van der Waals surface area contributed by atoms with E-state index >= 15 is 0 Å². The summed E-state index contributed by atoms with van der Waals surface area (Å²) >= 11 is 0. The fourth-order valence-corrected chi connectivity index (χ4v) is 1.52. The highest BCUT2D eigenvalue weighted by molar-refractivity contribution is 5.89. The lowest BCUT2D eigenvalue weighted by Crippen LogP contribution is -2.25. The molecule has 0 saturated heterocycles. The number of pyridine rings is 1. The molecule has 7 nitrogen and oxygen atoms in total. The van der Waals surface area contributed by atoms with Gasteiger partial charge in [-0.25, -0.2) is 0 Å². The molecule has 2 aromatic rings. The third-order valence-electron chi connectivity index (χ3n) is 2.48. The topological polar surface area (TPSA) is 90.1 Å². The van der Waals surface area contributed by atoms with E-state index in [2.05, 4.69) is 20.5 Å². The van der Waals surface area contributed by atoms with Gasteiger partial charge in [0.05, 0.1) is 5.56 Å². The van der Waals surface area contributed by atoms with Crippen LogP contribution in [0.3, 0.4) is 0 Å². The maximum absolute atomic E-state index is 11.8. The van der Waals surface area contributed by atoms with Crippen LogP contribution in [0.2, 0.25) is 0 Å². The van der Waals surface area contributed by atoms with Crippen LogP contribution in [-0.2, 0) is 4.74 Å². The van der Waals surface area contributed by atoms with Crippen molar-refractivity contribution in [2.45, 2.75) is 13.3 Å². The van der Waals surface area contributed by atoms with Crippen molar-refractivity contribution in [3.8, 4) is 11.5 Å². The smallest absolute Gasteiger partial charge is 0.308 e. The molecule has 0 aliphatic heterocycles. The number of amides is 1. The first-order valence-electron chi connectivity index (χ1n) is 6.41. The number of aromatic nitrogens is 3. The summed E-state index contributed by atoms with van der Waals surface area (Å²) in [5.74, 6) is -0.165. The van der Waals surface area contributed by atoms with Crippen molar-refractivity contribution < 1.29 is 13.9 Å². The summed E-state index contributed by atoms with van der Waals surface area (Å²) in [7, 11) is 0. The first kappa shape index (κ1) is 14.1. The Morgan fingerprint density at radius 1 is 1.45 bits per heavy atom. The Morgan fingerprint density at radius 3 is 3.10 bits per heavy atom. The third kappa shape index (κ3) is 3.86. The molecule has 0 radical (unpaired) electrons. The molecule has 0 saturated carbocycles. The second-order valence-electron chi connectivity index (χ2n) is 3.96. The minimum absolute atomic E-state index is 0.0553. The van der Waals surface area contributed by atoms with Crippen molar-refractivity contribution in [1.82, 2.24) is 20.5 Å². The summed E-state index contributed by atoms with van der Waals surface area (Å²) in [6, 6.07) is 3.54. The Kier molecular flexibility index (Phi) is 5.19. The summed E-state index contributed by atoms with van der Waals surface area (Å²) in [5.41, 5.74) is 0.676. The van der Waals surface area contributed by atoms with E-state index in [4.69, 9.17) is 9.15 Å². The molecule has 0 aromatic carbocycles. The molecule has 20 heavy (non-hydrogen) atoms. The number of carbonyl (C=O) groups is 1.